The summed E-state index contributed by atoms with van der Waals surface area (Å²) in [5.41, 5.74) is 6.84. The number of nitrogens with one attached hydrogen (secondary N) is 1. The quantitative estimate of drug-likeness (QED) is 0.478. The average molecular weight is 350 g/mol. The van der Waals surface area contributed by atoms with Gasteiger partial charge in [-0.1, -0.05) is 25.3 Å². The Balaban J connectivity index is 1.73. The van der Waals surface area contributed by atoms with Crippen molar-refractivity contribution in [2.24, 2.45) is 10.7 Å². The standard InChI is InChI=1S/C20H22N4O2/c21-19(22)13-7-8-15-14(11-13)12-16(23-15)17-5-4-6-18(24(17)26)20(25)9-2-1-3-10-20/h4-8,11-12,25-26H,1-3,9-10H2,(H3,21,22)/b17-16-. The van der Waals surface area contributed by atoms with Crippen LogP contribution in [0, 0.1) is 5.41 Å². The number of nitrogen functional groups attached to an aromatic ring is 1. The monoisotopic (exact) mass is 350 g/mol. The SMILES string of the molecule is N=C(N)c1ccc2c(c1)=C/C(=C1\C=CC=C(C3(O)CCCCC3)N1O)N=2. The Hall–Kier alpha value is -2.70. The molecule has 0 radical (unpaired) electrons. The number of amidine groups is 1. The highest BCUT2D eigenvalue weighted by molar-refractivity contribution is 5.94. The molecule has 1 aliphatic carbocycles. The van der Waals surface area contributed by atoms with Crippen molar-refractivity contribution >= 4 is 11.9 Å². The largest absolute Gasteiger partial charge is 0.384 e. The molecule has 0 unspecified atom stereocenters. The Bertz CT molecular complexity index is 982. The van der Waals surface area contributed by atoms with Crippen molar-refractivity contribution in [2.45, 2.75) is 37.7 Å². The minimum absolute atomic E-state index is 0.00777. The summed E-state index contributed by atoms with van der Waals surface area (Å²) in [7, 11) is 0. The highest BCUT2D eigenvalue weighted by atomic mass is 16.5. The van der Waals surface area contributed by atoms with Gasteiger partial charge in [-0.2, -0.15) is 0 Å². The molecule has 0 spiro atoms. The van der Waals surface area contributed by atoms with E-state index in [-0.39, 0.29) is 5.84 Å². The number of hydrogen-bond acceptors (Lipinski definition) is 5. The first-order valence-corrected chi connectivity index (χ1v) is 8.87. The third-order valence-electron chi connectivity index (χ3n) is 5.26. The Morgan fingerprint density at radius 3 is 2.73 bits per heavy atom. The molecule has 26 heavy (non-hydrogen) atoms. The van der Waals surface area contributed by atoms with Crippen LogP contribution in [-0.2, 0) is 0 Å². The molecule has 2 heterocycles. The van der Waals surface area contributed by atoms with E-state index < -0.39 is 5.60 Å². The lowest BCUT2D eigenvalue weighted by atomic mass is 9.81. The summed E-state index contributed by atoms with van der Waals surface area (Å²) < 4.78 is 0. The van der Waals surface area contributed by atoms with Gasteiger partial charge < -0.3 is 10.8 Å². The van der Waals surface area contributed by atoms with Gasteiger partial charge >= 0.3 is 0 Å². The number of benzene rings is 1. The number of nitrogens with zero attached hydrogens (tertiary/aromatic N) is 2. The lowest BCUT2D eigenvalue weighted by Gasteiger charge is -2.39. The normalized spacial score (nSPS) is 23.8. The number of allylic oxidation sites excluding steroid dienone is 4. The minimum atomic E-state index is -1.00. The maximum absolute atomic E-state index is 11.0. The Morgan fingerprint density at radius 2 is 2.00 bits per heavy atom. The van der Waals surface area contributed by atoms with Crippen molar-refractivity contribution in [3.63, 3.8) is 0 Å². The van der Waals surface area contributed by atoms with Crippen LogP contribution in [0.15, 0.2) is 58.5 Å². The fourth-order valence-corrected chi connectivity index (χ4v) is 3.82. The van der Waals surface area contributed by atoms with E-state index in [4.69, 9.17) is 11.1 Å². The maximum Gasteiger partial charge on any atom is 0.122 e. The van der Waals surface area contributed by atoms with Crippen LogP contribution in [0.4, 0.5) is 0 Å². The molecular formula is C20H22N4O2. The lowest BCUT2D eigenvalue weighted by Crippen LogP contribution is -2.41. The zero-order chi connectivity index (χ0) is 18.3. The smallest absolute Gasteiger partial charge is 0.122 e. The van der Waals surface area contributed by atoms with E-state index in [9.17, 15) is 10.3 Å². The van der Waals surface area contributed by atoms with Crippen molar-refractivity contribution in [3.05, 3.63) is 69.7 Å². The lowest BCUT2D eigenvalue weighted by molar-refractivity contribution is -0.0783. The molecule has 0 atom stereocenters. The molecule has 5 N–H and O–H groups in total. The van der Waals surface area contributed by atoms with Crippen LogP contribution >= 0.6 is 0 Å². The van der Waals surface area contributed by atoms with E-state index in [2.05, 4.69) is 4.99 Å². The number of aliphatic hydroxyl groups is 1. The fraction of sp³-hybridized carbons (Fsp3) is 0.300. The van der Waals surface area contributed by atoms with Gasteiger partial charge in [0.25, 0.3) is 0 Å². The van der Waals surface area contributed by atoms with E-state index >= 15 is 0 Å². The Labute approximate surface area is 151 Å². The molecule has 0 bridgehead atoms. The van der Waals surface area contributed by atoms with Gasteiger partial charge in [0.1, 0.15) is 11.4 Å². The van der Waals surface area contributed by atoms with Gasteiger partial charge in [0.15, 0.2) is 0 Å². The molecule has 1 aromatic rings. The molecule has 1 saturated carbocycles. The molecule has 0 amide bonds. The van der Waals surface area contributed by atoms with Crippen molar-refractivity contribution < 1.29 is 10.3 Å². The van der Waals surface area contributed by atoms with Gasteiger partial charge in [-0.05, 0) is 49.3 Å². The molecule has 2 aliphatic heterocycles. The third-order valence-corrected chi connectivity index (χ3v) is 5.26. The molecule has 1 aromatic carbocycles. The van der Waals surface area contributed by atoms with E-state index in [1.807, 2.05) is 24.3 Å². The first kappa shape index (κ1) is 16.8. The summed E-state index contributed by atoms with van der Waals surface area (Å²) in [6.45, 7) is 0. The predicted molar refractivity (Wildman–Crippen MR) is 98.6 cm³/mol. The zero-order valence-corrected chi connectivity index (χ0v) is 14.4. The molecule has 0 aromatic heterocycles. The van der Waals surface area contributed by atoms with Crippen LogP contribution in [0.1, 0.15) is 37.7 Å². The number of hydrogen-bond donors (Lipinski definition) is 4. The fourth-order valence-electron chi connectivity index (χ4n) is 3.82. The second-order valence-electron chi connectivity index (χ2n) is 7.03. The minimum Gasteiger partial charge on any atom is -0.384 e. The predicted octanol–water partition coefficient (Wildman–Crippen LogP) is 1.44. The van der Waals surface area contributed by atoms with E-state index in [0.717, 1.165) is 34.9 Å². The van der Waals surface area contributed by atoms with Gasteiger partial charge in [-0.15, -0.1) is 0 Å². The summed E-state index contributed by atoms with van der Waals surface area (Å²) in [4.78, 5) is 4.58. The summed E-state index contributed by atoms with van der Waals surface area (Å²) in [6, 6.07) is 5.39. The zero-order valence-electron chi connectivity index (χ0n) is 14.4. The van der Waals surface area contributed by atoms with Gasteiger partial charge in [0.2, 0.25) is 0 Å². The third kappa shape index (κ3) is 2.77. The summed E-state index contributed by atoms with van der Waals surface area (Å²) in [5.74, 6) is 0.00777. The average Bonchev–Trinajstić information content (AvgIpc) is 3.05. The second-order valence-corrected chi connectivity index (χ2v) is 7.03. The highest BCUT2D eigenvalue weighted by Crippen LogP contribution is 2.38. The van der Waals surface area contributed by atoms with Crippen LogP contribution in [0.2, 0.25) is 0 Å². The molecule has 134 valence electrons. The molecule has 3 aliphatic rings. The summed E-state index contributed by atoms with van der Waals surface area (Å²) in [5, 5.41) is 32.0. The number of hydroxylamine groups is 2. The van der Waals surface area contributed by atoms with Crippen molar-refractivity contribution in [1.82, 2.24) is 5.06 Å². The molecule has 4 rings (SSSR count). The molecule has 6 nitrogen and oxygen atoms in total. The van der Waals surface area contributed by atoms with Crippen LogP contribution in [0.5, 0.6) is 0 Å². The number of fused-ring (bicyclic) bond motifs is 1. The summed E-state index contributed by atoms with van der Waals surface area (Å²) in [6.07, 6.45) is 11.6. The maximum atomic E-state index is 11.0. The topological polar surface area (TPSA) is 106 Å². The van der Waals surface area contributed by atoms with Gasteiger partial charge in [-0.25, -0.2) is 10.1 Å². The van der Waals surface area contributed by atoms with Crippen molar-refractivity contribution in [1.29, 1.82) is 5.41 Å². The van der Waals surface area contributed by atoms with Crippen LogP contribution in [0.25, 0.3) is 6.08 Å². The van der Waals surface area contributed by atoms with Gasteiger partial charge in [-0.3, -0.25) is 10.6 Å². The van der Waals surface area contributed by atoms with Gasteiger partial charge in [0.05, 0.1) is 22.4 Å². The Morgan fingerprint density at radius 1 is 1.23 bits per heavy atom. The molecular weight excluding hydrogens is 328 g/mol. The van der Waals surface area contributed by atoms with E-state index in [1.165, 1.54) is 0 Å². The van der Waals surface area contributed by atoms with Gasteiger partial charge in [0, 0.05) is 10.8 Å². The number of nitrogens with two attached hydrogens (primary N) is 1. The van der Waals surface area contributed by atoms with Crippen LogP contribution in [0.3, 0.4) is 0 Å². The molecule has 1 fully saturated rings. The Kier molecular flexibility index (Phi) is 4.01. The van der Waals surface area contributed by atoms with Crippen molar-refractivity contribution in [2.75, 3.05) is 0 Å². The number of rotatable bonds is 2. The molecule has 0 saturated heterocycles. The first-order chi connectivity index (χ1) is 12.5. The second kappa shape index (κ2) is 6.23. The van der Waals surface area contributed by atoms with E-state index in [0.29, 0.717) is 35.5 Å². The van der Waals surface area contributed by atoms with E-state index in [1.54, 1.807) is 18.2 Å². The first-order valence-electron chi connectivity index (χ1n) is 8.87. The highest BCUT2D eigenvalue weighted by Gasteiger charge is 2.38. The van der Waals surface area contributed by atoms with Crippen molar-refractivity contribution in [3.8, 4) is 0 Å². The van der Waals surface area contributed by atoms with Crippen LogP contribution in [-0.4, -0.2) is 26.8 Å². The van der Waals surface area contributed by atoms with Crippen LogP contribution < -0.4 is 16.3 Å². The summed E-state index contributed by atoms with van der Waals surface area (Å²) >= 11 is 0. The molecule has 6 heteroatoms.